The molecule has 0 saturated carbocycles. The molecule has 1 aromatic carbocycles. The van der Waals surface area contributed by atoms with Crippen molar-refractivity contribution in [3.8, 4) is 0 Å². The van der Waals surface area contributed by atoms with E-state index in [2.05, 4.69) is 10.2 Å². The van der Waals surface area contributed by atoms with E-state index in [1.807, 2.05) is 0 Å². The number of carboxylic acid groups (broad SMARTS) is 1. The molecule has 1 aromatic heterocycles. The molecule has 0 saturated heterocycles. The van der Waals surface area contributed by atoms with E-state index in [9.17, 15) is 4.79 Å². The Labute approximate surface area is 85.3 Å². The van der Waals surface area contributed by atoms with Crippen LogP contribution in [0.1, 0.15) is 10.4 Å². The average Bonchev–Trinajstić information content (AvgIpc) is 2.47. The minimum Gasteiger partial charge on any atom is -0.478 e. The van der Waals surface area contributed by atoms with Gasteiger partial charge in [0.25, 0.3) is 0 Å². The van der Waals surface area contributed by atoms with Crippen LogP contribution in [0, 0.1) is 0 Å². The van der Waals surface area contributed by atoms with E-state index in [1.165, 1.54) is 12.1 Å². The molecule has 74 valence electrons. The summed E-state index contributed by atoms with van der Waals surface area (Å²) in [6.45, 7) is 0. The molecule has 14 heavy (non-hydrogen) atoms. The van der Waals surface area contributed by atoms with Gasteiger partial charge in [0.2, 0.25) is 0 Å². The normalized spacial score (nSPS) is 9.71. The molecule has 0 unspecified atom stereocenters. The number of nitrogens with one attached hydrogen (secondary N) is 1. The molecule has 0 amide bonds. The van der Waals surface area contributed by atoms with Gasteiger partial charge in [0.15, 0.2) is 5.82 Å². The van der Waals surface area contributed by atoms with Crippen LogP contribution in [0.2, 0.25) is 0 Å². The van der Waals surface area contributed by atoms with E-state index < -0.39 is 5.97 Å². The zero-order valence-corrected chi connectivity index (χ0v) is 7.84. The molecule has 0 spiro atoms. The van der Waals surface area contributed by atoms with Gasteiger partial charge in [-0.1, -0.05) is 0 Å². The number of aromatic nitrogens is 2. The zero-order chi connectivity index (χ0) is 9.42. The smallest absolute Gasteiger partial charge is 0.335 e. The van der Waals surface area contributed by atoms with E-state index in [-0.39, 0.29) is 18.0 Å². The Balaban J connectivity index is 0.000000980. The molecule has 0 aliphatic heterocycles. The van der Waals surface area contributed by atoms with Gasteiger partial charge in [-0.05, 0) is 18.2 Å². The highest BCUT2D eigenvalue weighted by molar-refractivity contribution is 5.96. The summed E-state index contributed by atoms with van der Waals surface area (Å²) in [7, 11) is 0. The molecule has 0 aliphatic carbocycles. The standard InChI is InChI=1S/C8H7N3O2.ClH/c9-7-5-2-1-4(8(12)13)3-6(5)10-11-7;/h1-3H,(H,12,13)(H3,9,10,11);1H. The van der Waals surface area contributed by atoms with E-state index >= 15 is 0 Å². The van der Waals surface area contributed by atoms with Crippen LogP contribution >= 0.6 is 12.4 Å². The maximum Gasteiger partial charge on any atom is 0.335 e. The van der Waals surface area contributed by atoms with Crippen molar-refractivity contribution in [3.05, 3.63) is 23.8 Å². The predicted molar refractivity (Wildman–Crippen MR) is 54.7 cm³/mol. The largest absolute Gasteiger partial charge is 0.478 e. The number of carbonyl (C=O) groups is 1. The lowest BCUT2D eigenvalue weighted by molar-refractivity contribution is 0.0697. The molecule has 4 N–H and O–H groups in total. The lowest BCUT2D eigenvalue weighted by atomic mass is 10.1. The Morgan fingerprint density at radius 3 is 2.86 bits per heavy atom. The van der Waals surface area contributed by atoms with Crippen LogP contribution in [-0.4, -0.2) is 21.3 Å². The van der Waals surface area contributed by atoms with E-state index in [1.54, 1.807) is 6.07 Å². The van der Waals surface area contributed by atoms with Gasteiger partial charge in [-0.2, -0.15) is 5.10 Å². The molecule has 2 rings (SSSR count). The quantitative estimate of drug-likeness (QED) is 0.665. The van der Waals surface area contributed by atoms with Crippen LogP contribution in [0.25, 0.3) is 10.9 Å². The number of hydrogen-bond acceptors (Lipinski definition) is 3. The van der Waals surface area contributed by atoms with Gasteiger partial charge in [-0.15, -0.1) is 12.4 Å². The third kappa shape index (κ3) is 1.49. The van der Waals surface area contributed by atoms with Crippen molar-refractivity contribution in [3.63, 3.8) is 0 Å². The zero-order valence-electron chi connectivity index (χ0n) is 7.02. The van der Waals surface area contributed by atoms with Gasteiger partial charge in [-0.25, -0.2) is 4.79 Å². The highest BCUT2D eigenvalue weighted by Crippen LogP contribution is 2.18. The maximum atomic E-state index is 10.6. The fourth-order valence-corrected chi connectivity index (χ4v) is 1.17. The summed E-state index contributed by atoms with van der Waals surface area (Å²) in [5.41, 5.74) is 6.37. The summed E-state index contributed by atoms with van der Waals surface area (Å²) >= 11 is 0. The van der Waals surface area contributed by atoms with Crippen molar-refractivity contribution in [2.24, 2.45) is 0 Å². The molecule has 5 nitrogen and oxygen atoms in total. The molecular formula is C8H8ClN3O2. The van der Waals surface area contributed by atoms with Gasteiger partial charge >= 0.3 is 5.97 Å². The second-order valence-electron chi connectivity index (χ2n) is 2.67. The van der Waals surface area contributed by atoms with Crippen LogP contribution in [0.15, 0.2) is 18.2 Å². The summed E-state index contributed by atoms with van der Waals surface area (Å²) in [4.78, 5) is 10.6. The number of nitrogens with two attached hydrogens (primary N) is 1. The molecule has 0 aliphatic rings. The Morgan fingerprint density at radius 1 is 1.50 bits per heavy atom. The summed E-state index contributed by atoms with van der Waals surface area (Å²) in [6.07, 6.45) is 0. The lowest BCUT2D eigenvalue weighted by Gasteiger charge is -1.93. The van der Waals surface area contributed by atoms with Gasteiger partial charge < -0.3 is 10.8 Å². The van der Waals surface area contributed by atoms with Gasteiger partial charge in [0, 0.05) is 5.39 Å². The molecule has 2 aromatic rings. The fraction of sp³-hybridized carbons (Fsp3) is 0. The molecule has 0 atom stereocenters. The van der Waals surface area contributed by atoms with Crippen molar-refractivity contribution < 1.29 is 9.90 Å². The third-order valence-electron chi connectivity index (χ3n) is 1.84. The lowest BCUT2D eigenvalue weighted by Crippen LogP contribution is -1.94. The molecule has 0 bridgehead atoms. The minimum absolute atomic E-state index is 0. The number of H-pyrrole nitrogens is 1. The number of anilines is 1. The number of aromatic carboxylic acids is 1. The fourth-order valence-electron chi connectivity index (χ4n) is 1.17. The first-order chi connectivity index (χ1) is 6.18. The van der Waals surface area contributed by atoms with Crippen molar-refractivity contribution >= 4 is 35.1 Å². The van der Waals surface area contributed by atoms with E-state index in [0.717, 1.165) is 5.39 Å². The number of nitrogens with zero attached hydrogens (tertiary/aromatic N) is 1. The van der Waals surface area contributed by atoms with Crippen molar-refractivity contribution in [2.75, 3.05) is 5.73 Å². The van der Waals surface area contributed by atoms with Crippen molar-refractivity contribution in [1.29, 1.82) is 0 Å². The summed E-state index contributed by atoms with van der Waals surface area (Å²) in [6, 6.07) is 4.63. The van der Waals surface area contributed by atoms with Crippen LogP contribution in [-0.2, 0) is 0 Å². The van der Waals surface area contributed by atoms with Crippen LogP contribution < -0.4 is 5.73 Å². The summed E-state index contributed by atoms with van der Waals surface area (Å²) in [5.74, 6) is -0.581. The Hall–Kier alpha value is -1.75. The Morgan fingerprint density at radius 2 is 2.21 bits per heavy atom. The maximum absolute atomic E-state index is 10.6. The highest BCUT2D eigenvalue weighted by atomic mass is 35.5. The van der Waals surface area contributed by atoms with Gasteiger partial charge in [0.1, 0.15) is 0 Å². The van der Waals surface area contributed by atoms with Crippen LogP contribution in [0.4, 0.5) is 5.82 Å². The summed E-state index contributed by atoms with van der Waals surface area (Å²) in [5, 5.41) is 15.8. The number of aromatic amines is 1. The Bertz CT molecular complexity index is 480. The minimum atomic E-state index is -0.963. The second-order valence-corrected chi connectivity index (χ2v) is 2.67. The summed E-state index contributed by atoms with van der Waals surface area (Å²) < 4.78 is 0. The molecule has 1 heterocycles. The monoisotopic (exact) mass is 213 g/mol. The van der Waals surface area contributed by atoms with E-state index in [4.69, 9.17) is 10.8 Å². The SMILES string of the molecule is Cl.Nc1n[nH]c2cc(C(=O)O)ccc12. The first kappa shape index (κ1) is 10.3. The van der Waals surface area contributed by atoms with Crippen molar-refractivity contribution in [2.45, 2.75) is 0 Å². The molecule has 0 fully saturated rings. The van der Waals surface area contributed by atoms with Gasteiger partial charge in [0.05, 0.1) is 11.1 Å². The molecular weight excluding hydrogens is 206 g/mol. The topological polar surface area (TPSA) is 92.0 Å². The predicted octanol–water partition coefficient (Wildman–Crippen LogP) is 1.27. The number of rotatable bonds is 1. The number of hydrogen-bond donors (Lipinski definition) is 3. The third-order valence-corrected chi connectivity index (χ3v) is 1.84. The molecule has 6 heteroatoms. The van der Waals surface area contributed by atoms with Gasteiger partial charge in [-0.3, -0.25) is 5.10 Å². The number of fused-ring (bicyclic) bond motifs is 1. The van der Waals surface area contributed by atoms with E-state index in [0.29, 0.717) is 11.3 Å². The number of carboxylic acids is 1. The first-order valence-electron chi connectivity index (χ1n) is 3.65. The molecule has 0 radical (unpaired) electrons. The first-order valence-corrected chi connectivity index (χ1v) is 3.65. The van der Waals surface area contributed by atoms with Crippen LogP contribution in [0.3, 0.4) is 0 Å². The average molecular weight is 214 g/mol. The number of nitrogen functional groups attached to an aromatic ring is 1. The second kappa shape index (κ2) is 3.55. The van der Waals surface area contributed by atoms with Crippen LogP contribution in [0.5, 0.6) is 0 Å². The van der Waals surface area contributed by atoms with Crippen molar-refractivity contribution in [1.82, 2.24) is 10.2 Å². The highest BCUT2D eigenvalue weighted by Gasteiger charge is 2.06. The Kier molecular flexibility index (Phi) is 2.62. The number of benzene rings is 1. The number of halogens is 1.